The summed E-state index contributed by atoms with van der Waals surface area (Å²) in [6, 6.07) is 8.77. The number of hydrogen-bond acceptors (Lipinski definition) is 3. The maximum atomic E-state index is 6.16. The van der Waals surface area contributed by atoms with Crippen LogP contribution in [-0.2, 0) is 11.3 Å². The molecule has 0 atom stereocenters. The van der Waals surface area contributed by atoms with E-state index in [4.69, 9.17) is 9.47 Å². The van der Waals surface area contributed by atoms with E-state index in [1.54, 1.807) is 0 Å². The van der Waals surface area contributed by atoms with Gasteiger partial charge in [-0.15, -0.1) is 0 Å². The van der Waals surface area contributed by atoms with Crippen LogP contribution in [0.3, 0.4) is 0 Å². The van der Waals surface area contributed by atoms with Gasteiger partial charge in [-0.2, -0.15) is 0 Å². The van der Waals surface area contributed by atoms with Crippen LogP contribution >= 0.6 is 0 Å². The van der Waals surface area contributed by atoms with Gasteiger partial charge in [0.25, 0.3) is 0 Å². The predicted octanol–water partition coefficient (Wildman–Crippen LogP) is 4.40. The second-order valence-corrected chi connectivity index (χ2v) is 8.12. The van der Waals surface area contributed by atoms with Crippen LogP contribution < -0.4 is 4.74 Å². The highest BCUT2D eigenvalue weighted by atomic mass is 16.5. The molecule has 1 saturated heterocycles. The Morgan fingerprint density at radius 2 is 2.00 bits per heavy atom. The molecule has 0 amide bonds. The molecule has 1 aromatic rings. The van der Waals surface area contributed by atoms with Crippen molar-refractivity contribution in [3.8, 4) is 5.75 Å². The van der Waals surface area contributed by atoms with Crippen molar-refractivity contribution in [1.29, 1.82) is 0 Å². The predicted molar refractivity (Wildman–Crippen MR) is 96.3 cm³/mol. The minimum atomic E-state index is 0.445. The molecule has 4 rings (SSSR count). The number of likely N-dealkylation sites (tertiary alicyclic amines) is 1. The van der Waals surface area contributed by atoms with Crippen LogP contribution in [0.1, 0.15) is 57.4 Å². The average molecular weight is 329 g/mol. The van der Waals surface area contributed by atoms with E-state index >= 15 is 0 Å². The van der Waals surface area contributed by atoms with Crippen molar-refractivity contribution < 1.29 is 9.47 Å². The largest absolute Gasteiger partial charge is 0.490 e. The van der Waals surface area contributed by atoms with E-state index < -0.39 is 0 Å². The minimum Gasteiger partial charge on any atom is -0.490 e. The molecule has 0 bridgehead atoms. The molecule has 3 fully saturated rings. The van der Waals surface area contributed by atoms with Gasteiger partial charge in [-0.1, -0.05) is 12.1 Å². The zero-order valence-corrected chi connectivity index (χ0v) is 15.0. The van der Waals surface area contributed by atoms with Crippen LogP contribution in [0.5, 0.6) is 5.75 Å². The lowest BCUT2D eigenvalue weighted by Crippen LogP contribution is -2.44. The Bertz CT molecular complexity index is 547. The Balaban J connectivity index is 1.30. The first-order valence-electron chi connectivity index (χ1n) is 9.84. The molecule has 0 radical (unpaired) electrons. The molecular weight excluding hydrogens is 298 g/mol. The number of benzene rings is 1. The summed E-state index contributed by atoms with van der Waals surface area (Å²) in [6.45, 7) is 6.49. The summed E-state index contributed by atoms with van der Waals surface area (Å²) in [7, 11) is 0. The normalized spacial score (nSPS) is 30.8. The van der Waals surface area contributed by atoms with Gasteiger partial charge in [0.15, 0.2) is 0 Å². The lowest BCUT2D eigenvalue weighted by Gasteiger charge is -2.44. The molecule has 3 aliphatic rings. The van der Waals surface area contributed by atoms with Gasteiger partial charge in [0, 0.05) is 19.7 Å². The third kappa shape index (κ3) is 3.62. The Labute approximate surface area is 146 Å². The van der Waals surface area contributed by atoms with Crippen LogP contribution in [0.4, 0.5) is 0 Å². The molecular formula is C21H31NO2. The topological polar surface area (TPSA) is 21.7 Å². The maximum Gasteiger partial charge on any atom is 0.120 e. The molecule has 1 spiro atoms. The molecule has 0 N–H and O–H groups in total. The Kier molecular flexibility index (Phi) is 4.82. The summed E-state index contributed by atoms with van der Waals surface area (Å²) in [6.07, 6.45) is 9.93. The molecule has 2 saturated carbocycles. The lowest BCUT2D eigenvalue weighted by molar-refractivity contribution is -0.0718. The van der Waals surface area contributed by atoms with E-state index in [-0.39, 0.29) is 0 Å². The average Bonchev–Trinajstić information content (AvgIpc) is 3.18. The number of rotatable bonds is 6. The quantitative estimate of drug-likeness (QED) is 0.772. The van der Waals surface area contributed by atoms with Crippen LogP contribution in [0.2, 0.25) is 0 Å². The van der Waals surface area contributed by atoms with Crippen LogP contribution in [0, 0.1) is 5.41 Å². The SMILES string of the molecule is CCOC1CC2(CCN(Cc3cccc(OC4CCCC4)c3)C2)C1. The first-order chi connectivity index (χ1) is 11.7. The Hall–Kier alpha value is -1.06. The van der Waals surface area contributed by atoms with Crippen molar-refractivity contribution >= 4 is 0 Å². The molecule has 24 heavy (non-hydrogen) atoms. The molecule has 0 unspecified atom stereocenters. The maximum absolute atomic E-state index is 6.16. The number of hydrogen-bond donors (Lipinski definition) is 0. The van der Waals surface area contributed by atoms with Gasteiger partial charge in [-0.05, 0) is 81.5 Å². The number of ether oxygens (including phenoxy) is 2. The molecule has 0 aromatic heterocycles. The monoisotopic (exact) mass is 329 g/mol. The van der Waals surface area contributed by atoms with Gasteiger partial charge in [-0.25, -0.2) is 0 Å². The van der Waals surface area contributed by atoms with Crippen molar-refractivity contribution in [3.05, 3.63) is 29.8 Å². The Morgan fingerprint density at radius 1 is 1.17 bits per heavy atom. The summed E-state index contributed by atoms with van der Waals surface area (Å²) in [5.74, 6) is 1.06. The first-order valence-corrected chi connectivity index (χ1v) is 9.84. The van der Waals surface area contributed by atoms with Crippen LogP contribution in [0.15, 0.2) is 24.3 Å². The summed E-state index contributed by atoms with van der Waals surface area (Å²) < 4.78 is 11.9. The van der Waals surface area contributed by atoms with E-state index in [0.717, 1.165) is 18.9 Å². The van der Waals surface area contributed by atoms with Gasteiger partial charge in [0.05, 0.1) is 12.2 Å². The highest BCUT2D eigenvalue weighted by Gasteiger charge is 2.48. The smallest absolute Gasteiger partial charge is 0.120 e. The minimum absolute atomic E-state index is 0.445. The molecule has 1 aromatic carbocycles. The van der Waals surface area contributed by atoms with Gasteiger partial charge in [0.1, 0.15) is 5.75 Å². The van der Waals surface area contributed by atoms with Crippen molar-refractivity contribution in [2.45, 2.75) is 70.6 Å². The fourth-order valence-electron chi connectivity index (χ4n) is 4.93. The third-order valence-corrected chi connectivity index (χ3v) is 6.15. The summed E-state index contributed by atoms with van der Waals surface area (Å²) in [5.41, 5.74) is 1.95. The van der Waals surface area contributed by atoms with Gasteiger partial charge >= 0.3 is 0 Å². The van der Waals surface area contributed by atoms with E-state index in [9.17, 15) is 0 Å². The second kappa shape index (κ2) is 7.05. The Morgan fingerprint density at radius 3 is 2.79 bits per heavy atom. The highest BCUT2D eigenvalue weighted by Crippen LogP contribution is 2.49. The van der Waals surface area contributed by atoms with E-state index in [1.807, 2.05) is 0 Å². The van der Waals surface area contributed by atoms with E-state index in [0.29, 0.717) is 17.6 Å². The third-order valence-electron chi connectivity index (χ3n) is 6.15. The van der Waals surface area contributed by atoms with Crippen LogP contribution in [0.25, 0.3) is 0 Å². The lowest BCUT2D eigenvalue weighted by atomic mass is 9.66. The molecule has 3 heteroatoms. The van der Waals surface area contributed by atoms with Crippen molar-refractivity contribution in [2.75, 3.05) is 19.7 Å². The first kappa shape index (κ1) is 16.4. The summed E-state index contributed by atoms with van der Waals surface area (Å²) in [4.78, 5) is 2.62. The zero-order valence-electron chi connectivity index (χ0n) is 15.0. The fraction of sp³-hybridized carbons (Fsp3) is 0.714. The van der Waals surface area contributed by atoms with E-state index in [2.05, 4.69) is 36.1 Å². The molecule has 1 aliphatic heterocycles. The molecule has 2 aliphatic carbocycles. The number of nitrogens with zero attached hydrogens (tertiary/aromatic N) is 1. The zero-order chi connectivity index (χ0) is 16.4. The summed E-state index contributed by atoms with van der Waals surface area (Å²) in [5, 5.41) is 0. The van der Waals surface area contributed by atoms with Crippen LogP contribution in [-0.4, -0.2) is 36.8 Å². The van der Waals surface area contributed by atoms with Crippen molar-refractivity contribution in [2.24, 2.45) is 5.41 Å². The van der Waals surface area contributed by atoms with E-state index in [1.165, 1.54) is 63.6 Å². The molecule has 1 heterocycles. The second-order valence-electron chi connectivity index (χ2n) is 8.12. The standard InChI is InChI=1S/C21H31NO2/c1-2-23-20-13-21(14-20)10-11-22(16-21)15-17-6-5-9-19(12-17)24-18-7-3-4-8-18/h5-6,9,12,18,20H,2-4,7-8,10-11,13-16H2,1H3. The molecule has 3 nitrogen and oxygen atoms in total. The highest BCUT2D eigenvalue weighted by molar-refractivity contribution is 5.29. The summed E-state index contributed by atoms with van der Waals surface area (Å²) >= 11 is 0. The van der Waals surface area contributed by atoms with Gasteiger partial charge in [0.2, 0.25) is 0 Å². The fourth-order valence-corrected chi connectivity index (χ4v) is 4.93. The van der Waals surface area contributed by atoms with Gasteiger partial charge < -0.3 is 9.47 Å². The van der Waals surface area contributed by atoms with Gasteiger partial charge in [-0.3, -0.25) is 4.90 Å². The van der Waals surface area contributed by atoms with Crippen molar-refractivity contribution in [1.82, 2.24) is 4.90 Å². The molecule has 132 valence electrons. The van der Waals surface area contributed by atoms with Crippen molar-refractivity contribution in [3.63, 3.8) is 0 Å².